The smallest absolute Gasteiger partial charge is 0.377 e. The number of benzene rings is 1. The lowest BCUT2D eigenvalue weighted by Gasteiger charge is -2.00. The number of hydrogen-bond acceptors (Lipinski definition) is 6. The summed E-state index contributed by atoms with van der Waals surface area (Å²) in [7, 11) is 1.23. The lowest BCUT2D eigenvalue weighted by atomic mass is 10.2. The Morgan fingerprint density at radius 2 is 2.00 bits per heavy atom. The van der Waals surface area contributed by atoms with Crippen LogP contribution in [-0.2, 0) is 4.74 Å². The largest absolute Gasteiger partial charge is 0.463 e. The van der Waals surface area contributed by atoms with Crippen molar-refractivity contribution in [3.8, 4) is 0 Å². The van der Waals surface area contributed by atoms with Crippen molar-refractivity contribution >= 4 is 40.1 Å². The van der Waals surface area contributed by atoms with Crippen molar-refractivity contribution in [3.63, 3.8) is 0 Å². The standard InChI is InChI=1S/C11H8ClN3O3S/c1-18-10(17)8-13-11(19-15-8)14-9(16)6-2-4-7(12)5-3-6/h2-5H,1H3,(H,13,14,15,16). The number of esters is 1. The number of rotatable bonds is 3. The number of carbonyl (C=O) groups excluding carboxylic acids is 2. The summed E-state index contributed by atoms with van der Waals surface area (Å²) in [5, 5.41) is 3.30. The second-order valence-corrected chi connectivity index (χ2v) is 4.56. The summed E-state index contributed by atoms with van der Waals surface area (Å²) in [5.41, 5.74) is 0.430. The van der Waals surface area contributed by atoms with E-state index in [4.69, 9.17) is 11.6 Å². The Morgan fingerprint density at radius 1 is 1.32 bits per heavy atom. The fourth-order valence-corrected chi connectivity index (χ4v) is 1.90. The quantitative estimate of drug-likeness (QED) is 0.879. The van der Waals surface area contributed by atoms with E-state index in [1.165, 1.54) is 7.11 Å². The highest BCUT2D eigenvalue weighted by molar-refractivity contribution is 7.10. The van der Waals surface area contributed by atoms with Gasteiger partial charge in [-0.25, -0.2) is 4.79 Å². The summed E-state index contributed by atoms with van der Waals surface area (Å²) in [4.78, 5) is 26.8. The number of amides is 1. The molecular formula is C11H8ClN3O3S. The molecule has 0 saturated heterocycles. The lowest BCUT2D eigenvalue weighted by Crippen LogP contribution is -2.12. The average Bonchev–Trinajstić information content (AvgIpc) is 2.87. The summed E-state index contributed by atoms with van der Waals surface area (Å²) in [6.45, 7) is 0. The van der Waals surface area contributed by atoms with Gasteiger partial charge in [0.2, 0.25) is 5.13 Å². The average molecular weight is 298 g/mol. The zero-order valence-electron chi connectivity index (χ0n) is 9.71. The Kier molecular flexibility index (Phi) is 4.08. The van der Waals surface area contributed by atoms with Gasteiger partial charge in [0, 0.05) is 22.1 Å². The molecule has 0 saturated carbocycles. The first-order valence-electron chi connectivity index (χ1n) is 5.09. The number of nitrogens with zero attached hydrogens (tertiary/aromatic N) is 2. The third kappa shape index (κ3) is 3.27. The van der Waals surface area contributed by atoms with E-state index in [0.29, 0.717) is 10.6 Å². The number of hydrogen-bond donors (Lipinski definition) is 1. The van der Waals surface area contributed by atoms with Crippen LogP contribution in [0.3, 0.4) is 0 Å². The molecule has 0 bridgehead atoms. The Morgan fingerprint density at radius 3 is 2.63 bits per heavy atom. The minimum absolute atomic E-state index is 0.0843. The van der Waals surface area contributed by atoms with Crippen molar-refractivity contribution in [2.45, 2.75) is 0 Å². The first-order chi connectivity index (χ1) is 9.10. The van der Waals surface area contributed by atoms with Gasteiger partial charge in [-0.15, -0.1) is 0 Å². The van der Waals surface area contributed by atoms with Gasteiger partial charge >= 0.3 is 5.97 Å². The number of carbonyl (C=O) groups is 2. The van der Waals surface area contributed by atoms with Gasteiger partial charge in [0.1, 0.15) is 0 Å². The Bertz CT molecular complexity index is 612. The highest BCUT2D eigenvalue weighted by atomic mass is 35.5. The molecule has 1 aromatic heterocycles. The molecule has 0 aliphatic rings. The van der Waals surface area contributed by atoms with Crippen molar-refractivity contribution in [1.29, 1.82) is 0 Å². The fourth-order valence-electron chi connectivity index (χ4n) is 1.22. The van der Waals surface area contributed by atoms with Gasteiger partial charge < -0.3 is 4.74 Å². The SMILES string of the molecule is COC(=O)c1nsc(NC(=O)c2ccc(Cl)cc2)n1. The first kappa shape index (κ1) is 13.4. The van der Waals surface area contributed by atoms with E-state index >= 15 is 0 Å². The Labute approximate surface area is 117 Å². The van der Waals surface area contributed by atoms with Crippen LogP contribution in [-0.4, -0.2) is 28.3 Å². The van der Waals surface area contributed by atoms with E-state index in [1.54, 1.807) is 24.3 Å². The third-order valence-corrected chi connectivity index (χ3v) is 3.00. The number of anilines is 1. The topological polar surface area (TPSA) is 81.2 Å². The molecule has 19 heavy (non-hydrogen) atoms. The van der Waals surface area contributed by atoms with Crippen LogP contribution >= 0.6 is 23.1 Å². The van der Waals surface area contributed by atoms with E-state index in [0.717, 1.165) is 11.5 Å². The van der Waals surface area contributed by atoms with Gasteiger partial charge in [0.15, 0.2) is 0 Å². The van der Waals surface area contributed by atoms with Crippen LogP contribution in [0.2, 0.25) is 5.02 Å². The van der Waals surface area contributed by atoms with E-state index < -0.39 is 5.97 Å². The lowest BCUT2D eigenvalue weighted by molar-refractivity contribution is 0.0588. The molecule has 1 aromatic carbocycles. The first-order valence-corrected chi connectivity index (χ1v) is 6.24. The minimum atomic E-state index is -0.650. The molecule has 0 spiro atoms. The van der Waals surface area contributed by atoms with Gasteiger partial charge in [0.25, 0.3) is 11.7 Å². The molecule has 6 nitrogen and oxygen atoms in total. The normalized spacial score (nSPS) is 10.0. The monoisotopic (exact) mass is 297 g/mol. The highest BCUT2D eigenvalue weighted by Gasteiger charge is 2.15. The summed E-state index contributed by atoms with van der Waals surface area (Å²) in [6, 6.07) is 6.38. The summed E-state index contributed by atoms with van der Waals surface area (Å²) < 4.78 is 8.24. The maximum Gasteiger partial charge on any atom is 0.377 e. The third-order valence-electron chi connectivity index (χ3n) is 2.12. The Balaban J connectivity index is 2.08. The molecule has 0 aliphatic heterocycles. The van der Waals surface area contributed by atoms with Gasteiger partial charge in [-0.05, 0) is 24.3 Å². The van der Waals surface area contributed by atoms with Crippen molar-refractivity contribution < 1.29 is 14.3 Å². The predicted molar refractivity (Wildman–Crippen MR) is 70.7 cm³/mol. The minimum Gasteiger partial charge on any atom is -0.463 e. The molecule has 1 N–H and O–H groups in total. The van der Waals surface area contributed by atoms with Gasteiger partial charge in [-0.2, -0.15) is 9.36 Å². The number of aromatic nitrogens is 2. The van der Waals surface area contributed by atoms with Crippen LogP contribution < -0.4 is 5.32 Å². The van der Waals surface area contributed by atoms with Crippen molar-refractivity contribution in [2.75, 3.05) is 12.4 Å². The van der Waals surface area contributed by atoms with Crippen molar-refractivity contribution in [1.82, 2.24) is 9.36 Å². The maximum absolute atomic E-state index is 11.8. The van der Waals surface area contributed by atoms with Crippen LogP contribution in [0.25, 0.3) is 0 Å². The molecule has 0 fully saturated rings. The number of ether oxygens (including phenoxy) is 1. The van der Waals surface area contributed by atoms with E-state index in [9.17, 15) is 9.59 Å². The molecule has 98 valence electrons. The second kappa shape index (κ2) is 5.77. The fraction of sp³-hybridized carbons (Fsp3) is 0.0909. The van der Waals surface area contributed by atoms with Gasteiger partial charge in [-0.3, -0.25) is 10.1 Å². The zero-order valence-corrected chi connectivity index (χ0v) is 11.3. The van der Waals surface area contributed by atoms with Crippen molar-refractivity contribution in [2.24, 2.45) is 0 Å². The van der Waals surface area contributed by atoms with Crippen LogP contribution in [0.1, 0.15) is 21.0 Å². The van der Waals surface area contributed by atoms with Crippen LogP contribution in [0.4, 0.5) is 5.13 Å². The summed E-state index contributed by atoms with van der Waals surface area (Å²) >= 11 is 6.63. The van der Waals surface area contributed by atoms with E-state index in [2.05, 4.69) is 19.4 Å². The highest BCUT2D eigenvalue weighted by Crippen LogP contribution is 2.14. The molecule has 0 atom stereocenters. The number of methoxy groups -OCH3 is 1. The molecule has 1 amide bonds. The van der Waals surface area contributed by atoms with E-state index in [1.807, 2.05) is 0 Å². The zero-order chi connectivity index (χ0) is 13.8. The number of nitrogens with one attached hydrogen (secondary N) is 1. The molecule has 8 heteroatoms. The Hall–Kier alpha value is -1.99. The molecule has 1 heterocycles. The van der Waals surface area contributed by atoms with Crippen LogP contribution in [0, 0.1) is 0 Å². The molecular weight excluding hydrogens is 290 g/mol. The van der Waals surface area contributed by atoms with Gasteiger partial charge in [0.05, 0.1) is 7.11 Å². The van der Waals surface area contributed by atoms with Crippen LogP contribution in [0.5, 0.6) is 0 Å². The maximum atomic E-state index is 11.8. The molecule has 0 radical (unpaired) electrons. The summed E-state index contributed by atoms with van der Waals surface area (Å²) in [5.74, 6) is -1.09. The second-order valence-electron chi connectivity index (χ2n) is 3.38. The molecule has 0 unspecified atom stereocenters. The summed E-state index contributed by atoms with van der Waals surface area (Å²) in [6.07, 6.45) is 0. The van der Waals surface area contributed by atoms with Gasteiger partial charge in [-0.1, -0.05) is 11.6 Å². The molecule has 2 rings (SSSR count). The number of halogens is 1. The molecule has 2 aromatic rings. The van der Waals surface area contributed by atoms with Crippen LogP contribution in [0.15, 0.2) is 24.3 Å². The predicted octanol–water partition coefficient (Wildman–Crippen LogP) is 2.23. The van der Waals surface area contributed by atoms with E-state index in [-0.39, 0.29) is 16.9 Å². The van der Waals surface area contributed by atoms with Crippen molar-refractivity contribution in [3.05, 3.63) is 40.7 Å². The molecule has 0 aliphatic carbocycles.